The molecule has 0 spiro atoms. The second-order valence-corrected chi connectivity index (χ2v) is 6.35. The van der Waals surface area contributed by atoms with E-state index >= 15 is 0 Å². The number of hydrogen-bond donors (Lipinski definition) is 0. The predicted molar refractivity (Wildman–Crippen MR) is 96.3 cm³/mol. The Balaban J connectivity index is 2.29. The van der Waals surface area contributed by atoms with Crippen LogP contribution in [0.5, 0.6) is 0 Å². The highest BCUT2D eigenvalue weighted by Crippen LogP contribution is 2.31. The molecule has 144 valence electrons. The number of amides is 2. The van der Waals surface area contributed by atoms with Crippen molar-refractivity contribution in [2.45, 2.75) is 32.5 Å². The number of nitrogens with zero attached hydrogens (tertiary/aromatic N) is 2. The van der Waals surface area contributed by atoms with Gasteiger partial charge in [0.05, 0.1) is 29.4 Å². The summed E-state index contributed by atoms with van der Waals surface area (Å²) in [5, 5.41) is 0. The zero-order valence-corrected chi connectivity index (χ0v) is 15.2. The monoisotopic (exact) mass is 378 g/mol. The summed E-state index contributed by atoms with van der Waals surface area (Å²) < 4.78 is 38.6. The normalized spacial score (nSPS) is 19.4. The fourth-order valence-electron chi connectivity index (χ4n) is 3.15. The number of benzene rings is 1. The van der Waals surface area contributed by atoms with Crippen LogP contribution in [0.25, 0.3) is 0 Å². The van der Waals surface area contributed by atoms with Gasteiger partial charge in [-0.25, -0.2) is 0 Å². The van der Waals surface area contributed by atoms with E-state index in [9.17, 15) is 22.8 Å². The standard InChI is InChI=1S/C20H21F3N2O2/c1-5-7-18-14(3)25(15(4)26)13(2)12-24(18)19(27)11-16-8-6-9-17(10-16)20(21,22)23/h5-10,13H,1,3,11-12H2,2,4H3/b18-7+. The van der Waals surface area contributed by atoms with E-state index in [4.69, 9.17) is 0 Å². The Morgan fingerprint density at radius 3 is 2.56 bits per heavy atom. The van der Waals surface area contributed by atoms with E-state index in [1.165, 1.54) is 34.9 Å². The molecule has 0 bridgehead atoms. The van der Waals surface area contributed by atoms with Crippen molar-refractivity contribution in [3.8, 4) is 0 Å². The smallest absolute Gasteiger partial charge is 0.308 e. The van der Waals surface area contributed by atoms with E-state index < -0.39 is 11.7 Å². The van der Waals surface area contributed by atoms with Crippen molar-refractivity contribution in [1.29, 1.82) is 0 Å². The lowest BCUT2D eigenvalue weighted by Crippen LogP contribution is -2.52. The fraction of sp³-hybridized carbons (Fsp3) is 0.300. The highest BCUT2D eigenvalue weighted by atomic mass is 19.4. The maximum atomic E-state index is 12.9. The maximum absolute atomic E-state index is 12.9. The summed E-state index contributed by atoms with van der Waals surface area (Å²) in [4.78, 5) is 27.6. The van der Waals surface area contributed by atoms with Gasteiger partial charge in [0.15, 0.2) is 0 Å². The molecule has 1 fully saturated rings. The van der Waals surface area contributed by atoms with Gasteiger partial charge < -0.3 is 9.80 Å². The minimum absolute atomic E-state index is 0.196. The first-order valence-electron chi connectivity index (χ1n) is 8.34. The number of hydrogen-bond acceptors (Lipinski definition) is 2. The molecule has 0 saturated carbocycles. The molecule has 1 aromatic carbocycles. The van der Waals surface area contributed by atoms with Gasteiger partial charge in [-0.05, 0) is 24.6 Å². The third kappa shape index (κ3) is 4.48. The Bertz CT molecular complexity index is 812. The van der Waals surface area contributed by atoms with Gasteiger partial charge in [0, 0.05) is 13.5 Å². The van der Waals surface area contributed by atoms with Gasteiger partial charge in [-0.15, -0.1) is 0 Å². The molecule has 1 unspecified atom stereocenters. The molecule has 2 rings (SSSR count). The number of carbonyl (C=O) groups excluding carboxylic acids is 2. The Morgan fingerprint density at radius 2 is 2.00 bits per heavy atom. The van der Waals surface area contributed by atoms with Crippen LogP contribution in [0.15, 0.2) is 61.0 Å². The highest BCUT2D eigenvalue weighted by molar-refractivity contribution is 5.84. The molecule has 2 amide bonds. The summed E-state index contributed by atoms with van der Waals surface area (Å²) in [6.45, 7) is 10.9. The van der Waals surface area contributed by atoms with Crippen LogP contribution in [-0.2, 0) is 22.2 Å². The van der Waals surface area contributed by atoms with Gasteiger partial charge in [0.1, 0.15) is 0 Å². The molecule has 4 nitrogen and oxygen atoms in total. The Hall–Kier alpha value is -2.83. The van der Waals surface area contributed by atoms with Gasteiger partial charge in [-0.2, -0.15) is 13.2 Å². The molecule has 1 heterocycles. The zero-order chi connectivity index (χ0) is 20.4. The van der Waals surface area contributed by atoms with Gasteiger partial charge in [-0.1, -0.05) is 37.4 Å². The molecule has 0 N–H and O–H groups in total. The zero-order valence-electron chi connectivity index (χ0n) is 15.2. The molecular weight excluding hydrogens is 357 g/mol. The summed E-state index contributed by atoms with van der Waals surface area (Å²) in [6.07, 6.45) is -1.63. The first-order valence-corrected chi connectivity index (χ1v) is 8.34. The first kappa shape index (κ1) is 20.5. The predicted octanol–water partition coefficient (Wildman–Crippen LogP) is 3.91. The average molecular weight is 378 g/mol. The van der Waals surface area contributed by atoms with Crippen molar-refractivity contribution in [3.63, 3.8) is 0 Å². The Kier molecular flexibility index (Phi) is 5.93. The van der Waals surface area contributed by atoms with Crippen molar-refractivity contribution in [3.05, 3.63) is 72.1 Å². The van der Waals surface area contributed by atoms with E-state index in [0.29, 0.717) is 11.4 Å². The average Bonchev–Trinajstić information content (AvgIpc) is 2.56. The molecule has 7 heteroatoms. The van der Waals surface area contributed by atoms with Crippen LogP contribution in [0.2, 0.25) is 0 Å². The minimum Gasteiger partial charge on any atom is -0.308 e. The van der Waals surface area contributed by atoms with Crippen LogP contribution < -0.4 is 0 Å². The van der Waals surface area contributed by atoms with E-state index in [0.717, 1.165) is 12.1 Å². The van der Waals surface area contributed by atoms with Crippen molar-refractivity contribution in [2.24, 2.45) is 0 Å². The van der Waals surface area contributed by atoms with Crippen LogP contribution in [0.1, 0.15) is 25.0 Å². The number of halogens is 3. The van der Waals surface area contributed by atoms with Crippen LogP contribution in [0, 0.1) is 0 Å². The molecule has 0 radical (unpaired) electrons. The molecule has 0 aromatic heterocycles. The lowest BCUT2D eigenvalue weighted by molar-refractivity contribution is -0.138. The Morgan fingerprint density at radius 1 is 1.33 bits per heavy atom. The van der Waals surface area contributed by atoms with E-state index in [-0.39, 0.29) is 36.4 Å². The number of rotatable bonds is 3. The van der Waals surface area contributed by atoms with E-state index in [1.54, 1.807) is 13.0 Å². The molecule has 1 aromatic rings. The minimum atomic E-state index is -4.47. The third-order valence-electron chi connectivity index (χ3n) is 4.29. The molecule has 1 atom stereocenters. The van der Waals surface area contributed by atoms with Crippen LogP contribution in [0.4, 0.5) is 13.2 Å². The summed E-state index contributed by atoms with van der Waals surface area (Å²) >= 11 is 0. The molecule has 1 aliphatic heterocycles. The van der Waals surface area contributed by atoms with Gasteiger partial charge in [0.2, 0.25) is 11.8 Å². The van der Waals surface area contributed by atoms with Gasteiger partial charge in [0.25, 0.3) is 0 Å². The van der Waals surface area contributed by atoms with Crippen LogP contribution in [0.3, 0.4) is 0 Å². The SMILES string of the molecule is C=C/C=C1\C(=C)N(C(C)=O)C(C)CN1C(=O)Cc1cccc(C(F)(F)F)c1. The first-order chi connectivity index (χ1) is 12.6. The fourth-order valence-corrected chi connectivity index (χ4v) is 3.15. The number of allylic oxidation sites excluding steroid dienone is 2. The van der Waals surface area contributed by atoms with Crippen molar-refractivity contribution in [1.82, 2.24) is 9.80 Å². The number of carbonyl (C=O) groups is 2. The van der Waals surface area contributed by atoms with Gasteiger partial charge in [-0.3, -0.25) is 9.59 Å². The topological polar surface area (TPSA) is 40.6 Å². The van der Waals surface area contributed by atoms with Crippen molar-refractivity contribution in [2.75, 3.05) is 6.54 Å². The third-order valence-corrected chi connectivity index (χ3v) is 4.29. The quantitative estimate of drug-likeness (QED) is 0.800. The molecular formula is C20H21F3N2O2. The summed E-state index contributed by atoms with van der Waals surface area (Å²) in [5.74, 6) is -0.578. The molecule has 1 saturated heterocycles. The number of alkyl halides is 3. The molecule has 27 heavy (non-hydrogen) atoms. The molecule has 1 aliphatic rings. The Labute approximate surface area is 156 Å². The largest absolute Gasteiger partial charge is 0.416 e. The van der Waals surface area contributed by atoms with Crippen LogP contribution in [-0.4, -0.2) is 34.2 Å². The van der Waals surface area contributed by atoms with E-state index in [2.05, 4.69) is 13.2 Å². The highest BCUT2D eigenvalue weighted by Gasteiger charge is 2.35. The summed E-state index contributed by atoms with van der Waals surface area (Å²) in [6, 6.07) is 4.39. The second-order valence-electron chi connectivity index (χ2n) is 6.35. The maximum Gasteiger partial charge on any atom is 0.416 e. The lowest BCUT2D eigenvalue weighted by Gasteiger charge is -2.42. The van der Waals surface area contributed by atoms with Crippen molar-refractivity contribution < 1.29 is 22.8 Å². The lowest BCUT2D eigenvalue weighted by atomic mass is 10.0. The summed E-state index contributed by atoms with van der Waals surface area (Å²) in [5.41, 5.74) is 0.239. The van der Waals surface area contributed by atoms with Crippen molar-refractivity contribution >= 4 is 11.8 Å². The van der Waals surface area contributed by atoms with Crippen LogP contribution >= 0.6 is 0 Å². The van der Waals surface area contributed by atoms with E-state index in [1.807, 2.05) is 0 Å². The van der Waals surface area contributed by atoms with Gasteiger partial charge >= 0.3 is 6.18 Å². The summed E-state index contributed by atoms with van der Waals surface area (Å²) in [7, 11) is 0. The second kappa shape index (κ2) is 7.82. The number of piperazine rings is 1. The molecule has 0 aliphatic carbocycles.